The third-order valence-electron chi connectivity index (χ3n) is 2.71. The van der Waals surface area contributed by atoms with Crippen LogP contribution in [0.15, 0.2) is 18.2 Å². The number of carbonyl (C=O) groups is 1. The number of amides is 1. The third-order valence-corrected chi connectivity index (χ3v) is 3.05. The first-order valence-electron chi connectivity index (χ1n) is 5.64. The molecule has 18 heavy (non-hydrogen) atoms. The molecule has 0 aliphatic heterocycles. The van der Waals surface area contributed by atoms with Gasteiger partial charge < -0.3 is 15.0 Å². The zero-order valence-corrected chi connectivity index (χ0v) is 10.7. The number of hydrogen-bond acceptors (Lipinski definition) is 3. The van der Waals surface area contributed by atoms with Gasteiger partial charge in [0.2, 0.25) is 5.28 Å². The third kappa shape index (κ3) is 2.47. The number of nitrogens with zero attached hydrogens (tertiary/aromatic N) is 2. The number of halogens is 1. The van der Waals surface area contributed by atoms with Crippen LogP contribution < -0.4 is 5.32 Å². The van der Waals surface area contributed by atoms with E-state index in [1.807, 2.05) is 13.1 Å². The second kappa shape index (κ2) is 5.37. The average molecular weight is 268 g/mol. The summed E-state index contributed by atoms with van der Waals surface area (Å²) >= 11 is 5.91. The largest absolute Gasteiger partial charge is 0.396 e. The van der Waals surface area contributed by atoms with Crippen LogP contribution >= 0.6 is 11.6 Å². The first kappa shape index (κ1) is 12.9. The van der Waals surface area contributed by atoms with Gasteiger partial charge in [-0.2, -0.15) is 0 Å². The van der Waals surface area contributed by atoms with Gasteiger partial charge in [0.05, 0.1) is 11.0 Å². The highest BCUT2D eigenvalue weighted by Gasteiger charge is 2.10. The molecule has 0 aliphatic carbocycles. The molecule has 2 aromatic rings. The maximum Gasteiger partial charge on any atom is 0.251 e. The molecule has 0 saturated heterocycles. The van der Waals surface area contributed by atoms with Gasteiger partial charge in [-0.25, -0.2) is 4.98 Å². The summed E-state index contributed by atoms with van der Waals surface area (Å²) in [5, 5.41) is 11.8. The Morgan fingerprint density at radius 2 is 2.33 bits per heavy atom. The van der Waals surface area contributed by atoms with Gasteiger partial charge in [-0.1, -0.05) is 0 Å². The Hall–Kier alpha value is -1.59. The standard InChI is InChI=1S/C12H14ClN3O2/c1-16-10-4-3-8(7-9(10)15-12(16)13)11(18)14-5-2-6-17/h3-4,7,17H,2,5-6H2,1H3,(H,14,18). The smallest absolute Gasteiger partial charge is 0.251 e. The number of carbonyl (C=O) groups excluding carboxylic acids is 1. The molecule has 2 N–H and O–H groups in total. The fourth-order valence-corrected chi connectivity index (χ4v) is 1.88. The minimum atomic E-state index is -0.174. The van der Waals surface area contributed by atoms with Crippen LogP contribution in [0.1, 0.15) is 16.8 Å². The van der Waals surface area contributed by atoms with E-state index >= 15 is 0 Å². The molecule has 96 valence electrons. The molecule has 6 heteroatoms. The van der Waals surface area contributed by atoms with E-state index in [9.17, 15) is 4.79 Å². The number of nitrogens with one attached hydrogen (secondary N) is 1. The maximum absolute atomic E-state index is 11.8. The molecule has 1 heterocycles. The fraction of sp³-hybridized carbons (Fsp3) is 0.333. The minimum absolute atomic E-state index is 0.0646. The van der Waals surface area contributed by atoms with Crippen LogP contribution in [-0.4, -0.2) is 33.7 Å². The van der Waals surface area contributed by atoms with Crippen LogP contribution in [0, 0.1) is 0 Å². The zero-order valence-electron chi connectivity index (χ0n) is 9.98. The second-order valence-corrected chi connectivity index (χ2v) is 4.31. The van der Waals surface area contributed by atoms with Crippen molar-refractivity contribution in [2.75, 3.05) is 13.2 Å². The van der Waals surface area contributed by atoms with Crippen molar-refractivity contribution in [2.24, 2.45) is 7.05 Å². The molecule has 0 fully saturated rings. The summed E-state index contributed by atoms with van der Waals surface area (Å²) in [6, 6.07) is 5.25. The van der Waals surface area contributed by atoms with Gasteiger partial charge in [0, 0.05) is 25.8 Å². The number of aryl methyl sites for hydroxylation is 1. The molecule has 0 spiro atoms. The summed E-state index contributed by atoms with van der Waals surface area (Å²) in [5.41, 5.74) is 2.11. The van der Waals surface area contributed by atoms with Gasteiger partial charge in [0.25, 0.3) is 5.91 Å². The number of imidazole rings is 1. The Morgan fingerprint density at radius 1 is 1.56 bits per heavy atom. The van der Waals surface area contributed by atoms with Gasteiger partial charge in [0.15, 0.2) is 0 Å². The Morgan fingerprint density at radius 3 is 3.06 bits per heavy atom. The van der Waals surface area contributed by atoms with E-state index in [2.05, 4.69) is 10.3 Å². The highest BCUT2D eigenvalue weighted by Crippen LogP contribution is 2.19. The predicted octanol–water partition coefficient (Wildman–Crippen LogP) is 1.34. The molecule has 0 bridgehead atoms. The molecule has 0 atom stereocenters. The van der Waals surface area contributed by atoms with Gasteiger partial charge in [-0.3, -0.25) is 4.79 Å². The summed E-state index contributed by atoms with van der Waals surface area (Å²) in [6.45, 7) is 0.519. The quantitative estimate of drug-likeness (QED) is 0.822. The molecule has 0 unspecified atom stereocenters. The summed E-state index contributed by atoms with van der Waals surface area (Å²) in [7, 11) is 1.82. The summed E-state index contributed by atoms with van der Waals surface area (Å²) in [5.74, 6) is -0.174. The lowest BCUT2D eigenvalue weighted by Gasteiger charge is -2.04. The van der Waals surface area contributed by atoms with E-state index in [1.165, 1.54) is 0 Å². The van der Waals surface area contributed by atoms with Crippen molar-refractivity contribution in [1.82, 2.24) is 14.9 Å². The number of rotatable bonds is 4. The fourth-order valence-electron chi connectivity index (χ4n) is 1.69. The van der Waals surface area contributed by atoms with Crippen LogP contribution in [0.3, 0.4) is 0 Å². The molecule has 0 aliphatic rings. The molecule has 1 amide bonds. The normalized spacial score (nSPS) is 10.8. The van der Waals surface area contributed by atoms with Crippen LogP contribution in [-0.2, 0) is 7.05 Å². The predicted molar refractivity (Wildman–Crippen MR) is 69.8 cm³/mol. The molecule has 0 radical (unpaired) electrons. The van der Waals surface area contributed by atoms with Crippen molar-refractivity contribution < 1.29 is 9.90 Å². The highest BCUT2D eigenvalue weighted by atomic mass is 35.5. The number of benzene rings is 1. The minimum Gasteiger partial charge on any atom is -0.396 e. The number of aromatic nitrogens is 2. The molecule has 1 aromatic heterocycles. The molecular weight excluding hydrogens is 254 g/mol. The Kier molecular flexibility index (Phi) is 3.84. The Balaban J connectivity index is 2.22. The SMILES string of the molecule is Cn1c(Cl)nc2cc(C(=O)NCCCO)ccc21. The topological polar surface area (TPSA) is 67.2 Å². The summed E-state index contributed by atoms with van der Waals surface area (Å²) in [4.78, 5) is 16.0. The number of fused-ring (bicyclic) bond motifs is 1. The summed E-state index contributed by atoms with van der Waals surface area (Å²) < 4.78 is 1.75. The van der Waals surface area contributed by atoms with E-state index in [0.717, 1.165) is 5.52 Å². The maximum atomic E-state index is 11.8. The molecule has 0 saturated carbocycles. The van der Waals surface area contributed by atoms with Crippen molar-refractivity contribution in [3.05, 3.63) is 29.0 Å². The van der Waals surface area contributed by atoms with Crippen molar-refractivity contribution in [3.63, 3.8) is 0 Å². The lowest BCUT2D eigenvalue weighted by atomic mass is 10.2. The van der Waals surface area contributed by atoms with E-state index in [-0.39, 0.29) is 12.5 Å². The molecule has 5 nitrogen and oxygen atoms in total. The van der Waals surface area contributed by atoms with E-state index < -0.39 is 0 Å². The van der Waals surface area contributed by atoms with Crippen molar-refractivity contribution in [1.29, 1.82) is 0 Å². The first-order valence-corrected chi connectivity index (χ1v) is 6.02. The lowest BCUT2D eigenvalue weighted by molar-refractivity contribution is 0.0951. The molecule has 1 aromatic carbocycles. The van der Waals surface area contributed by atoms with Crippen LogP contribution in [0.2, 0.25) is 5.28 Å². The number of hydrogen-bond donors (Lipinski definition) is 2. The first-order chi connectivity index (χ1) is 8.63. The van der Waals surface area contributed by atoms with E-state index in [0.29, 0.717) is 29.3 Å². The molecule has 2 rings (SSSR count). The van der Waals surface area contributed by atoms with Gasteiger partial charge in [-0.15, -0.1) is 0 Å². The Labute approximate surface area is 109 Å². The van der Waals surface area contributed by atoms with E-state index in [4.69, 9.17) is 16.7 Å². The van der Waals surface area contributed by atoms with Crippen molar-refractivity contribution in [3.8, 4) is 0 Å². The van der Waals surface area contributed by atoms with Crippen LogP contribution in [0.4, 0.5) is 0 Å². The van der Waals surface area contributed by atoms with Gasteiger partial charge in [-0.05, 0) is 36.2 Å². The summed E-state index contributed by atoms with van der Waals surface area (Å²) in [6.07, 6.45) is 0.545. The Bertz CT molecular complexity index is 580. The van der Waals surface area contributed by atoms with Crippen LogP contribution in [0.25, 0.3) is 11.0 Å². The highest BCUT2D eigenvalue weighted by molar-refractivity contribution is 6.29. The van der Waals surface area contributed by atoms with Crippen molar-refractivity contribution in [2.45, 2.75) is 6.42 Å². The van der Waals surface area contributed by atoms with E-state index in [1.54, 1.807) is 16.7 Å². The number of aliphatic hydroxyl groups is 1. The van der Waals surface area contributed by atoms with Crippen molar-refractivity contribution >= 4 is 28.5 Å². The van der Waals surface area contributed by atoms with Gasteiger partial charge >= 0.3 is 0 Å². The number of aliphatic hydroxyl groups excluding tert-OH is 1. The van der Waals surface area contributed by atoms with Crippen LogP contribution in [0.5, 0.6) is 0 Å². The monoisotopic (exact) mass is 267 g/mol. The second-order valence-electron chi connectivity index (χ2n) is 3.98. The lowest BCUT2D eigenvalue weighted by Crippen LogP contribution is -2.24. The van der Waals surface area contributed by atoms with Gasteiger partial charge in [0.1, 0.15) is 0 Å². The zero-order chi connectivity index (χ0) is 13.1. The average Bonchev–Trinajstić information content (AvgIpc) is 2.65. The molecular formula is C12H14ClN3O2.